The number of hydrogen-bond donors (Lipinski definition) is 2. The highest BCUT2D eigenvalue weighted by Crippen LogP contribution is 2.20. The van der Waals surface area contributed by atoms with E-state index in [2.05, 4.69) is 20.7 Å². The lowest BCUT2D eigenvalue weighted by atomic mass is 10.0. The molecule has 0 radical (unpaired) electrons. The summed E-state index contributed by atoms with van der Waals surface area (Å²) in [5, 5.41) is 9.88. The molecule has 0 fully saturated rings. The lowest BCUT2D eigenvalue weighted by molar-refractivity contribution is -0.141. The van der Waals surface area contributed by atoms with E-state index in [0.717, 1.165) is 4.47 Å². The first kappa shape index (κ1) is 13.2. The highest BCUT2D eigenvalue weighted by atomic mass is 79.9. The van der Waals surface area contributed by atoms with E-state index in [1.165, 1.54) is 7.11 Å². The summed E-state index contributed by atoms with van der Waals surface area (Å²) in [6.45, 7) is 0. The Morgan fingerprint density at radius 3 is 2.56 bits per heavy atom. The Hall–Kier alpha value is -0.910. The van der Waals surface area contributed by atoms with Crippen molar-refractivity contribution in [3.8, 4) is 0 Å². The monoisotopic (exact) mass is 287 g/mol. The zero-order valence-electron chi connectivity index (χ0n) is 8.89. The van der Waals surface area contributed by atoms with Crippen LogP contribution in [0.25, 0.3) is 0 Å². The number of aliphatic hydroxyl groups is 1. The summed E-state index contributed by atoms with van der Waals surface area (Å²) >= 11 is 3.30. The summed E-state index contributed by atoms with van der Waals surface area (Å²) in [5.74, 6) is -0.427. The number of rotatable bonds is 4. The minimum atomic E-state index is -0.868. The maximum Gasteiger partial charge on any atom is 0.307 e. The predicted octanol–water partition coefficient (Wildman–Crippen LogP) is 1.37. The highest BCUT2D eigenvalue weighted by molar-refractivity contribution is 9.10. The summed E-state index contributed by atoms with van der Waals surface area (Å²) in [4.78, 5) is 11.0. The average molecular weight is 288 g/mol. The van der Waals surface area contributed by atoms with Crippen LogP contribution >= 0.6 is 15.9 Å². The molecule has 0 heterocycles. The minimum Gasteiger partial charge on any atom is -0.469 e. The third-order valence-corrected chi connectivity index (χ3v) is 2.78. The molecule has 4 nitrogen and oxygen atoms in total. The fourth-order valence-electron chi connectivity index (χ4n) is 1.29. The van der Waals surface area contributed by atoms with Crippen LogP contribution in [0.5, 0.6) is 0 Å². The third-order valence-electron chi connectivity index (χ3n) is 2.25. The number of benzene rings is 1. The zero-order valence-corrected chi connectivity index (χ0v) is 10.5. The second kappa shape index (κ2) is 5.98. The van der Waals surface area contributed by atoms with Crippen LogP contribution in [0.4, 0.5) is 0 Å². The molecule has 0 aliphatic rings. The van der Waals surface area contributed by atoms with E-state index in [1.54, 1.807) is 12.1 Å². The van der Waals surface area contributed by atoms with Crippen molar-refractivity contribution < 1.29 is 14.6 Å². The number of carbonyl (C=O) groups excluding carboxylic acids is 1. The van der Waals surface area contributed by atoms with Gasteiger partial charge in [-0.2, -0.15) is 0 Å². The van der Waals surface area contributed by atoms with E-state index in [-0.39, 0.29) is 6.42 Å². The van der Waals surface area contributed by atoms with Crippen molar-refractivity contribution >= 4 is 21.9 Å². The van der Waals surface area contributed by atoms with Crippen LogP contribution in [0.3, 0.4) is 0 Å². The van der Waals surface area contributed by atoms with Crippen LogP contribution in [0.2, 0.25) is 0 Å². The maximum atomic E-state index is 11.0. The second-order valence-electron chi connectivity index (χ2n) is 3.44. The van der Waals surface area contributed by atoms with E-state index >= 15 is 0 Å². The normalized spacial score (nSPS) is 14.2. The van der Waals surface area contributed by atoms with Crippen molar-refractivity contribution in [2.45, 2.75) is 18.6 Å². The summed E-state index contributed by atoms with van der Waals surface area (Å²) in [6.07, 6.45) is -0.875. The highest BCUT2D eigenvalue weighted by Gasteiger charge is 2.20. The molecule has 0 amide bonds. The first-order chi connectivity index (χ1) is 7.54. The van der Waals surface area contributed by atoms with Crippen molar-refractivity contribution in [3.05, 3.63) is 34.3 Å². The lowest BCUT2D eigenvalue weighted by Crippen LogP contribution is -2.31. The average Bonchev–Trinajstić information content (AvgIpc) is 2.28. The summed E-state index contributed by atoms with van der Waals surface area (Å²) in [5.41, 5.74) is 6.38. The van der Waals surface area contributed by atoms with Crippen LogP contribution in [0.15, 0.2) is 28.7 Å². The van der Waals surface area contributed by atoms with Crippen LogP contribution in [-0.4, -0.2) is 24.2 Å². The van der Waals surface area contributed by atoms with Gasteiger partial charge in [0.2, 0.25) is 0 Å². The molecule has 16 heavy (non-hydrogen) atoms. The summed E-state index contributed by atoms with van der Waals surface area (Å²) in [7, 11) is 1.29. The SMILES string of the molecule is COC(=O)CC(N)C(O)c1ccc(Br)cc1. The van der Waals surface area contributed by atoms with Gasteiger partial charge >= 0.3 is 5.97 Å². The summed E-state index contributed by atoms with van der Waals surface area (Å²) < 4.78 is 5.41. The molecule has 5 heteroatoms. The Morgan fingerprint density at radius 1 is 1.50 bits per heavy atom. The number of carbonyl (C=O) groups is 1. The molecule has 88 valence electrons. The van der Waals surface area contributed by atoms with E-state index in [4.69, 9.17) is 5.73 Å². The molecular formula is C11H14BrNO3. The van der Waals surface area contributed by atoms with Gasteiger partial charge in [-0.1, -0.05) is 28.1 Å². The molecule has 3 N–H and O–H groups in total. The van der Waals surface area contributed by atoms with Crippen molar-refractivity contribution in [2.24, 2.45) is 5.73 Å². The van der Waals surface area contributed by atoms with Crippen LogP contribution in [-0.2, 0) is 9.53 Å². The number of nitrogens with two attached hydrogens (primary N) is 1. The quantitative estimate of drug-likeness (QED) is 0.821. The molecule has 2 unspecified atom stereocenters. The zero-order chi connectivity index (χ0) is 12.1. The Bertz CT molecular complexity index is 353. The van der Waals surface area contributed by atoms with E-state index in [1.807, 2.05) is 12.1 Å². The molecular weight excluding hydrogens is 274 g/mol. The van der Waals surface area contributed by atoms with Gasteiger partial charge in [-0.25, -0.2) is 0 Å². The first-order valence-electron chi connectivity index (χ1n) is 4.80. The standard InChI is InChI=1S/C11H14BrNO3/c1-16-10(14)6-9(13)11(15)7-2-4-8(12)5-3-7/h2-5,9,11,15H,6,13H2,1H3. The Balaban J connectivity index is 2.66. The molecule has 1 aromatic rings. The number of hydrogen-bond acceptors (Lipinski definition) is 4. The van der Waals surface area contributed by atoms with Gasteiger partial charge in [0.1, 0.15) is 0 Å². The van der Waals surface area contributed by atoms with Gasteiger partial charge in [0, 0.05) is 10.5 Å². The molecule has 0 saturated carbocycles. The fraction of sp³-hybridized carbons (Fsp3) is 0.364. The van der Waals surface area contributed by atoms with Crippen LogP contribution < -0.4 is 5.73 Å². The smallest absolute Gasteiger partial charge is 0.307 e. The predicted molar refractivity (Wildman–Crippen MR) is 63.7 cm³/mol. The van der Waals surface area contributed by atoms with Crippen molar-refractivity contribution in [1.29, 1.82) is 0 Å². The van der Waals surface area contributed by atoms with Gasteiger partial charge in [0.05, 0.1) is 19.6 Å². The molecule has 0 bridgehead atoms. The molecule has 2 atom stereocenters. The van der Waals surface area contributed by atoms with Gasteiger partial charge in [0.15, 0.2) is 0 Å². The number of halogens is 1. The Labute approximate surface area is 103 Å². The summed E-state index contributed by atoms with van der Waals surface area (Å²) in [6, 6.07) is 6.47. The number of esters is 1. The number of aliphatic hydroxyl groups excluding tert-OH is 1. The Morgan fingerprint density at radius 2 is 2.06 bits per heavy atom. The largest absolute Gasteiger partial charge is 0.469 e. The number of methoxy groups -OCH3 is 1. The van der Waals surface area contributed by atoms with Gasteiger partial charge in [-0.15, -0.1) is 0 Å². The fourth-order valence-corrected chi connectivity index (χ4v) is 1.56. The van der Waals surface area contributed by atoms with E-state index in [9.17, 15) is 9.90 Å². The van der Waals surface area contributed by atoms with Crippen molar-refractivity contribution in [2.75, 3.05) is 7.11 Å². The molecule has 0 spiro atoms. The maximum absolute atomic E-state index is 11.0. The van der Waals surface area contributed by atoms with Crippen LogP contribution in [0, 0.1) is 0 Å². The first-order valence-corrected chi connectivity index (χ1v) is 5.60. The third kappa shape index (κ3) is 3.59. The van der Waals surface area contributed by atoms with Crippen LogP contribution in [0.1, 0.15) is 18.1 Å². The van der Waals surface area contributed by atoms with Crippen molar-refractivity contribution in [3.63, 3.8) is 0 Å². The van der Waals surface area contributed by atoms with Gasteiger partial charge in [-0.05, 0) is 17.7 Å². The molecule has 0 aromatic heterocycles. The van der Waals surface area contributed by atoms with Gasteiger partial charge < -0.3 is 15.6 Å². The topological polar surface area (TPSA) is 72.5 Å². The van der Waals surface area contributed by atoms with Gasteiger partial charge in [-0.3, -0.25) is 4.79 Å². The van der Waals surface area contributed by atoms with Gasteiger partial charge in [0.25, 0.3) is 0 Å². The van der Waals surface area contributed by atoms with E-state index < -0.39 is 18.1 Å². The lowest BCUT2D eigenvalue weighted by Gasteiger charge is -2.18. The number of ether oxygens (including phenoxy) is 1. The molecule has 0 aliphatic heterocycles. The molecule has 0 saturated heterocycles. The molecule has 1 aromatic carbocycles. The Kier molecular flexibility index (Phi) is 4.92. The second-order valence-corrected chi connectivity index (χ2v) is 4.36. The van der Waals surface area contributed by atoms with Crippen molar-refractivity contribution in [1.82, 2.24) is 0 Å². The minimum absolute atomic E-state index is 0.00622. The molecule has 0 aliphatic carbocycles. The van der Waals surface area contributed by atoms with E-state index in [0.29, 0.717) is 5.56 Å². The molecule has 1 rings (SSSR count).